The molecule has 0 aromatic heterocycles. The van der Waals surface area contributed by atoms with Crippen LogP contribution in [-0.2, 0) is 11.0 Å². The molecule has 1 aliphatic rings. The lowest BCUT2D eigenvalue weighted by atomic mass is 9.89. The summed E-state index contributed by atoms with van der Waals surface area (Å²) in [5.74, 6) is -0.0503. The summed E-state index contributed by atoms with van der Waals surface area (Å²) in [6, 6.07) is 4.47. The summed E-state index contributed by atoms with van der Waals surface area (Å²) >= 11 is 0. The topological polar surface area (TPSA) is 58.6 Å². The Balaban J connectivity index is 1.75. The molecular weight excluding hydrogens is 323 g/mol. The van der Waals surface area contributed by atoms with E-state index >= 15 is 0 Å². The summed E-state index contributed by atoms with van der Waals surface area (Å²) in [4.78, 5) is 11.9. The first-order valence-corrected chi connectivity index (χ1v) is 8.12. The van der Waals surface area contributed by atoms with Crippen molar-refractivity contribution in [3.8, 4) is 5.75 Å². The van der Waals surface area contributed by atoms with Crippen molar-refractivity contribution < 1.29 is 27.8 Å². The number of hydrogen-bond donors (Lipinski definition) is 2. The molecule has 4 nitrogen and oxygen atoms in total. The number of carbonyl (C=O) groups excluding carboxylic acids is 1. The standard InChI is InChI=1S/C17H22F3NO3/c18-17(19,20)13-7-4-8-15(9-13)24-11-14(22)10-21-16(23)12-5-2-1-3-6-12/h4,7-9,12,14,22H,1-3,5-6,10-11H2,(H,21,23)/t14-/m1/s1. The van der Waals surface area contributed by atoms with Crippen molar-refractivity contribution in [1.29, 1.82) is 0 Å². The van der Waals surface area contributed by atoms with E-state index in [1.54, 1.807) is 0 Å². The molecule has 1 amide bonds. The highest BCUT2D eigenvalue weighted by Crippen LogP contribution is 2.31. The first-order chi connectivity index (χ1) is 11.4. The third-order valence-corrected chi connectivity index (χ3v) is 4.09. The van der Waals surface area contributed by atoms with E-state index in [-0.39, 0.29) is 30.7 Å². The van der Waals surface area contributed by atoms with Crippen molar-refractivity contribution in [3.05, 3.63) is 29.8 Å². The van der Waals surface area contributed by atoms with Gasteiger partial charge in [-0.05, 0) is 31.0 Å². The number of nitrogens with one attached hydrogen (secondary N) is 1. The molecule has 1 saturated carbocycles. The van der Waals surface area contributed by atoms with E-state index in [0.717, 1.165) is 44.2 Å². The zero-order valence-electron chi connectivity index (χ0n) is 13.3. The molecule has 0 heterocycles. The summed E-state index contributed by atoms with van der Waals surface area (Å²) in [5.41, 5.74) is -0.805. The molecule has 1 atom stereocenters. The van der Waals surface area contributed by atoms with Crippen LogP contribution in [0.3, 0.4) is 0 Å². The minimum atomic E-state index is -4.44. The molecule has 0 spiro atoms. The molecule has 0 aliphatic heterocycles. The van der Waals surface area contributed by atoms with E-state index in [4.69, 9.17) is 4.74 Å². The maximum Gasteiger partial charge on any atom is 0.416 e. The second kappa shape index (κ2) is 8.37. The van der Waals surface area contributed by atoms with Crippen LogP contribution in [0.4, 0.5) is 13.2 Å². The Morgan fingerprint density at radius 1 is 1.29 bits per heavy atom. The van der Waals surface area contributed by atoms with Gasteiger partial charge in [0.15, 0.2) is 0 Å². The molecule has 0 unspecified atom stereocenters. The average molecular weight is 345 g/mol. The predicted octanol–water partition coefficient (Wildman–Crippen LogP) is 3.14. The normalized spacial score (nSPS) is 17.3. The molecule has 134 valence electrons. The lowest BCUT2D eigenvalue weighted by Crippen LogP contribution is -2.39. The molecule has 2 N–H and O–H groups in total. The van der Waals surface area contributed by atoms with Crippen molar-refractivity contribution in [2.24, 2.45) is 5.92 Å². The Labute approximate surface area is 139 Å². The molecule has 1 fully saturated rings. The second-order valence-electron chi connectivity index (χ2n) is 6.07. The fourth-order valence-corrected chi connectivity index (χ4v) is 2.74. The van der Waals surface area contributed by atoms with Gasteiger partial charge in [0.05, 0.1) is 5.56 Å². The van der Waals surface area contributed by atoms with E-state index in [1.807, 2.05) is 0 Å². The summed E-state index contributed by atoms with van der Waals surface area (Å²) in [7, 11) is 0. The lowest BCUT2D eigenvalue weighted by Gasteiger charge is -2.21. The Morgan fingerprint density at radius 3 is 2.67 bits per heavy atom. The number of hydrogen-bond acceptors (Lipinski definition) is 3. The van der Waals surface area contributed by atoms with Crippen LogP contribution in [0, 0.1) is 5.92 Å². The van der Waals surface area contributed by atoms with Crippen molar-refractivity contribution in [1.82, 2.24) is 5.32 Å². The lowest BCUT2D eigenvalue weighted by molar-refractivity contribution is -0.137. The summed E-state index contributed by atoms with van der Waals surface area (Å²) in [6.45, 7) is -0.166. The number of ether oxygens (including phenoxy) is 1. The highest BCUT2D eigenvalue weighted by molar-refractivity contribution is 5.78. The summed E-state index contributed by atoms with van der Waals surface area (Å²) in [5, 5.41) is 12.5. The number of rotatable bonds is 6. The average Bonchev–Trinajstić information content (AvgIpc) is 2.58. The van der Waals surface area contributed by atoms with Crippen LogP contribution in [0.1, 0.15) is 37.7 Å². The SMILES string of the molecule is O=C(NC[C@@H](O)COc1cccc(C(F)(F)F)c1)C1CCCCC1. The number of alkyl halides is 3. The second-order valence-corrected chi connectivity index (χ2v) is 6.07. The molecule has 1 aliphatic carbocycles. The van der Waals surface area contributed by atoms with Gasteiger partial charge >= 0.3 is 6.18 Å². The first-order valence-electron chi connectivity index (χ1n) is 8.12. The molecule has 24 heavy (non-hydrogen) atoms. The van der Waals surface area contributed by atoms with Gasteiger partial charge in [-0.15, -0.1) is 0 Å². The van der Waals surface area contributed by atoms with Crippen molar-refractivity contribution >= 4 is 5.91 Å². The van der Waals surface area contributed by atoms with Gasteiger partial charge in [0, 0.05) is 12.5 Å². The number of benzene rings is 1. The molecule has 2 rings (SSSR count). The Bertz CT molecular complexity index is 542. The smallest absolute Gasteiger partial charge is 0.416 e. The van der Waals surface area contributed by atoms with Gasteiger partial charge in [-0.2, -0.15) is 13.2 Å². The van der Waals surface area contributed by atoms with Crippen LogP contribution in [0.5, 0.6) is 5.75 Å². The molecular formula is C17H22F3NO3. The molecule has 0 bridgehead atoms. The van der Waals surface area contributed by atoms with E-state index < -0.39 is 17.8 Å². The number of amides is 1. The van der Waals surface area contributed by atoms with Crippen LogP contribution >= 0.6 is 0 Å². The Hall–Kier alpha value is -1.76. The van der Waals surface area contributed by atoms with Crippen molar-refractivity contribution in [3.63, 3.8) is 0 Å². The van der Waals surface area contributed by atoms with E-state index in [9.17, 15) is 23.1 Å². The van der Waals surface area contributed by atoms with Gasteiger partial charge in [-0.3, -0.25) is 4.79 Å². The predicted molar refractivity (Wildman–Crippen MR) is 82.5 cm³/mol. The fourth-order valence-electron chi connectivity index (χ4n) is 2.74. The number of aliphatic hydroxyl groups excluding tert-OH is 1. The van der Waals surface area contributed by atoms with Crippen LogP contribution in [0.2, 0.25) is 0 Å². The number of aliphatic hydroxyl groups is 1. The number of carbonyl (C=O) groups is 1. The van der Waals surface area contributed by atoms with E-state index in [1.165, 1.54) is 12.1 Å². The highest BCUT2D eigenvalue weighted by Gasteiger charge is 2.30. The third-order valence-electron chi connectivity index (χ3n) is 4.09. The summed E-state index contributed by atoms with van der Waals surface area (Å²) < 4.78 is 43.0. The van der Waals surface area contributed by atoms with Gasteiger partial charge in [-0.25, -0.2) is 0 Å². The van der Waals surface area contributed by atoms with Gasteiger partial charge in [0.1, 0.15) is 18.5 Å². The molecule has 0 radical (unpaired) electrons. The Morgan fingerprint density at radius 2 is 2.00 bits per heavy atom. The van der Waals surface area contributed by atoms with Gasteiger partial charge in [0.25, 0.3) is 0 Å². The zero-order chi connectivity index (χ0) is 17.6. The summed E-state index contributed by atoms with van der Waals surface area (Å²) in [6.07, 6.45) is -0.459. The first kappa shape index (κ1) is 18.6. The van der Waals surface area contributed by atoms with Crippen molar-refractivity contribution in [2.75, 3.05) is 13.2 Å². The molecule has 1 aromatic rings. The van der Waals surface area contributed by atoms with Crippen LogP contribution in [-0.4, -0.2) is 30.3 Å². The minimum absolute atomic E-state index is 0.00432. The van der Waals surface area contributed by atoms with Gasteiger partial charge in [-0.1, -0.05) is 25.3 Å². The maximum absolute atomic E-state index is 12.6. The van der Waals surface area contributed by atoms with E-state index in [0.29, 0.717) is 0 Å². The van der Waals surface area contributed by atoms with Crippen LogP contribution in [0.15, 0.2) is 24.3 Å². The van der Waals surface area contributed by atoms with Crippen LogP contribution in [0.25, 0.3) is 0 Å². The van der Waals surface area contributed by atoms with Gasteiger partial charge in [0.2, 0.25) is 5.91 Å². The largest absolute Gasteiger partial charge is 0.491 e. The molecule has 1 aromatic carbocycles. The third kappa shape index (κ3) is 5.70. The van der Waals surface area contributed by atoms with Crippen LogP contribution < -0.4 is 10.1 Å². The minimum Gasteiger partial charge on any atom is -0.491 e. The monoisotopic (exact) mass is 345 g/mol. The maximum atomic E-state index is 12.6. The number of halogens is 3. The quantitative estimate of drug-likeness (QED) is 0.833. The Kier molecular flexibility index (Phi) is 6.48. The highest BCUT2D eigenvalue weighted by atomic mass is 19.4. The van der Waals surface area contributed by atoms with E-state index in [2.05, 4.69) is 5.32 Å². The molecule has 7 heteroatoms. The van der Waals surface area contributed by atoms with Gasteiger partial charge < -0.3 is 15.2 Å². The fraction of sp³-hybridized carbons (Fsp3) is 0.588. The van der Waals surface area contributed by atoms with Crippen molar-refractivity contribution in [2.45, 2.75) is 44.4 Å². The molecule has 0 saturated heterocycles. The zero-order valence-corrected chi connectivity index (χ0v) is 13.3.